The van der Waals surface area contributed by atoms with Crippen LogP contribution in [0.3, 0.4) is 0 Å². The minimum Gasteiger partial charge on any atom is -0.493 e. The van der Waals surface area contributed by atoms with Crippen molar-refractivity contribution < 1.29 is 14.0 Å². The van der Waals surface area contributed by atoms with Gasteiger partial charge in [-0.15, -0.1) is 0 Å². The summed E-state index contributed by atoms with van der Waals surface area (Å²) in [4.78, 5) is 3.97. The number of nitrogens with zero attached hydrogens (tertiary/aromatic N) is 2. The van der Waals surface area contributed by atoms with Gasteiger partial charge >= 0.3 is 0 Å². The van der Waals surface area contributed by atoms with E-state index in [0.29, 0.717) is 18.9 Å². The van der Waals surface area contributed by atoms with E-state index in [9.17, 15) is 0 Å². The first kappa shape index (κ1) is 14.3. The smallest absolute Gasteiger partial charge is 0.227 e. The molecule has 0 amide bonds. The molecule has 1 aromatic heterocycles. The quantitative estimate of drug-likeness (QED) is 0.742. The molecular weight excluding hydrogens is 258 g/mol. The van der Waals surface area contributed by atoms with E-state index in [4.69, 9.17) is 14.0 Å². The Morgan fingerprint density at radius 1 is 1.30 bits per heavy atom. The van der Waals surface area contributed by atoms with Crippen molar-refractivity contribution in [3.8, 4) is 11.5 Å². The van der Waals surface area contributed by atoms with Crippen molar-refractivity contribution in [1.82, 2.24) is 15.5 Å². The molecule has 0 aliphatic rings. The lowest BCUT2D eigenvalue weighted by atomic mass is 10.2. The normalized spacial score (nSPS) is 10.5. The molecule has 1 heterocycles. The Balaban J connectivity index is 1.84. The molecule has 0 fully saturated rings. The fourth-order valence-electron chi connectivity index (χ4n) is 1.83. The second-order valence-electron chi connectivity index (χ2n) is 4.18. The molecule has 0 saturated heterocycles. The van der Waals surface area contributed by atoms with Crippen LogP contribution in [0, 0.1) is 0 Å². The van der Waals surface area contributed by atoms with Crippen molar-refractivity contribution in [3.05, 3.63) is 36.0 Å². The summed E-state index contributed by atoms with van der Waals surface area (Å²) in [6.07, 6.45) is 2.13. The molecule has 2 rings (SSSR count). The Morgan fingerprint density at radius 3 is 2.90 bits per heavy atom. The van der Waals surface area contributed by atoms with Crippen LogP contribution in [0.15, 0.2) is 29.0 Å². The molecule has 0 radical (unpaired) electrons. The number of hydrogen-bond acceptors (Lipinski definition) is 6. The van der Waals surface area contributed by atoms with E-state index in [0.717, 1.165) is 30.2 Å². The number of methoxy groups -OCH3 is 1. The van der Waals surface area contributed by atoms with Crippen LogP contribution in [-0.2, 0) is 13.0 Å². The third-order valence-corrected chi connectivity index (χ3v) is 2.78. The Labute approximate surface area is 118 Å². The SMILES string of the molecule is CCOc1cc(CNCCc2ncno2)ccc1OC. The fraction of sp³-hybridized carbons (Fsp3) is 0.429. The van der Waals surface area contributed by atoms with Crippen LogP contribution in [0.5, 0.6) is 11.5 Å². The molecule has 0 aliphatic carbocycles. The van der Waals surface area contributed by atoms with E-state index in [-0.39, 0.29) is 0 Å². The Morgan fingerprint density at radius 2 is 2.20 bits per heavy atom. The monoisotopic (exact) mass is 277 g/mol. The van der Waals surface area contributed by atoms with Crippen molar-refractivity contribution in [2.45, 2.75) is 19.9 Å². The summed E-state index contributed by atoms with van der Waals surface area (Å²) in [5.41, 5.74) is 1.14. The third-order valence-electron chi connectivity index (χ3n) is 2.78. The van der Waals surface area contributed by atoms with Crippen molar-refractivity contribution in [2.24, 2.45) is 0 Å². The van der Waals surface area contributed by atoms with Gasteiger partial charge in [0.25, 0.3) is 0 Å². The highest BCUT2D eigenvalue weighted by atomic mass is 16.5. The van der Waals surface area contributed by atoms with Crippen LogP contribution in [-0.4, -0.2) is 30.4 Å². The summed E-state index contributed by atoms with van der Waals surface area (Å²) in [7, 11) is 1.64. The summed E-state index contributed by atoms with van der Waals surface area (Å²) in [5, 5.41) is 6.89. The Hall–Kier alpha value is -2.08. The first-order chi connectivity index (χ1) is 9.83. The van der Waals surface area contributed by atoms with E-state index >= 15 is 0 Å². The molecule has 20 heavy (non-hydrogen) atoms. The molecule has 6 heteroatoms. The summed E-state index contributed by atoms with van der Waals surface area (Å²) >= 11 is 0. The van der Waals surface area contributed by atoms with Crippen molar-refractivity contribution in [1.29, 1.82) is 0 Å². The number of hydrogen-bond donors (Lipinski definition) is 1. The van der Waals surface area contributed by atoms with Gasteiger partial charge in [-0.25, -0.2) is 0 Å². The maximum absolute atomic E-state index is 5.55. The van der Waals surface area contributed by atoms with Crippen LogP contribution in [0.1, 0.15) is 18.4 Å². The number of benzene rings is 1. The van der Waals surface area contributed by atoms with Gasteiger partial charge in [0.15, 0.2) is 17.8 Å². The molecule has 0 spiro atoms. The molecule has 0 bridgehead atoms. The van der Waals surface area contributed by atoms with Gasteiger partial charge in [-0.3, -0.25) is 0 Å². The average molecular weight is 277 g/mol. The molecular formula is C14H19N3O3. The van der Waals surface area contributed by atoms with Crippen molar-refractivity contribution in [2.75, 3.05) is 20.3 Å². The van der Waals surface area contributed by atoms with Crippen molar-refractivity contribution >= 4 is 0 Å². The van der Waals surface area contributed by atoms with Gasteiger partial charge in [-0.05, 0) is 24.6 Å². The Kier molecular flexibility index (Phi) is 5.37. The summed E-state index contributed by atoms with van der Waals surface area (Å²) < 4.78 is 15.7. The standard InChI is InChI=1S/C14H19N3O3/c1-3-19-13-8-11(4-5-12(13)18-2)9-15-7-6-14-16-10-17-20-14/h4-5,8,10,15H,3,6-7,9H2,1-2H3. The van der Waals surface area contributed by atoms with Crippen LogP contribution < -0.4 is 14.8 Å². The second-order valence-corrected chi connectivity index (χ2v) is 4.18. The van der Waals surface area contributed by atoms with E-state index in [2.05, 4.69) is 15.5 Å². The molecule has 0 atom stereocenters. The first-order valence-corrected chi connectivity index (χ1v) is 6.59. The van der Waals surface area contributed by atoms with Gasteiger partial charge < -0.3 is 19.3 Å². The summed E-state index contributed by atoms with van der Waals surface area (Å²) in [6, 6.07) is 5.92. The second kappa shape index (κ2) is 7.49. The van der Waals surface area contributed by atoms with Gasteiger partial charge in [0.1, 0.15) is 0 Å². The Bertz CT molecular complexity index is 514. The largest absolute Gasteiger partial charge is 0.493 e. The summed E-state index contributed by atoms with van der Waals surface area (Å²) in [5.74, 6) is 2.16. The summed E-state index contributed by atoms with van der Waals surface area (Å²) in [6.45, 7) is 4.09. The van der Waals surface area contributed by atoms with Gasteiger partial charge in [-0.1, -0.05) is 11.2 Å². The number of aromatic nitrogens is 2. The zero-order valence-electron chi connectivity index (χ0n) is 11.8. The van der Waals surface area contributed by atoms with E-state index in [1.165, 1.54) is 6.33 Å². The van der Waals surface area contributed by atoms with E-state index in [1.807, 2.05) is 25.1 Å². The van der Waals surface area contributed by atoms with Crippen LogP contribution in [0.25, 0.3) is 0 Å². The maximum atomic E-state index is 5.55. The lowest BCUT2D eigenvalue weighted by Gasteiger charge is -2.11. The zero-order chi connectivity index (χ0) is 14.2. The third kappa shape index (κ3) is 3.96. The van der Waals surface area contributed by atoms with Gasteiger partial charge in [0, 0.05) is 19.5 Å². The van der Waals surface area contributed by atoms with Gasteiger partial charge in [0.05, 0.1) is 13.7 Å². The molecule has 1 N–H and O–H groups in total. The van der Waals surface area contributed by atoms with Crippen LogP contribution in [0.4, 0.5) is 0 Å². The predicted octanol–water partition coefficient (Wildman–Crippen LogP) is 1.81. The molecule has 0 saturated carbocycles. The van der Waals surface area contributed by atoms with Gasteiger partial charge in [0.2, 0.25) is 5.89 Å². The highest BCUT2D eigenvalue weighted by molar-refractivity contribution is 5.42. The van der Waals surface area contributed by atoms with Crippen LogP contribution >= 0.6 is 0 Å². The molecule has 0 unspecified atom stereocenters. The number of rotatable bonds is 8. The van der Waals surface area contributed by atoms with E-state index < -0.39 is 0 Å². The predicted molar refractivity (Wildman–Crippen MR) is 73.9 cm³/mol. The molecule has 2 aromatic rings. The lowest BCUT2D eigenvalue weighted by Crippen LogP contribution is -2.16. The zero-order valence-corrected chi connectivity index (χ0v) is 11.8. The number of ether oxygens (including phenoxy) is 2. The van der Waals surface area contributed by atoms with Gasteiger partial charge in [-0.2, -0.15) is 4.98 Å². The highest BCUT2D eigenvalue weighted by Gasteiger charge is 2.05. The van der Waals surface area contributed by atoms with Crippen molar-refractivity contribution in [3.63, 3.8) is 0 Å². The van der Waals surface area contributed by atoms with Crippen LogP contribution in [0.2, 0.25) is 0 Å². The molecule has 6 nitrogen and oxygen atoms in total. The fourth-order valence-corrected chi connectivity index (χ4v) is 1.83. The number of nitrogens with one attached hydrogen (secondary N) is 1. The first-order valence-electron chi connectivity index (χ1n) is 6.59. The topological polar surface area (TPSA) is 69.4 Å². The maximum Gasteiger partial charge on any atom is 0.227 e. The molecule has 1 aromatic carbocycles. The minimum absolute atomic E-state index is 0.615. The van der Waals surface area contributed by atoms with E-state index in [1.54, 1.807) is 7.11 Å². The highest BCUT2D eigenvalue weighted by Crippen LogP contribution is 2.27. The molecule has 0 aliphatic heterocycles. The lowest BCUT2D eigenvalue weighted by molar-refractivity contribution is 0.310. The molecule has 108 valence electrons. The average Bonchev–Trinajstić information content (AvgIpc) is 2.97. The minimum atomic E-state index is 0.615.